The fourth-order valence-corrected chi connectivity index (χ4v) is 3.10. The molecule has 1 aliphatic heterocycles. The van der Waals surface area contributed by atoms with Crippen molar-refractivity contribution < 1.29 is 14.3 Å². The van der Waals surface area contributed by atoms with Crippen LogP contribution in [0.4, 0.5) is 5.95 Å². The Morgan fingerprint density at radius 2 is 1.92 bits per heavy atom. The molecule has 1 unspecified atom stereocenters. The molecule has 0 saturated carbocycles. The molecule has 0 aliphatic carbocycles. The third kappa shape index (κ3) is 3.87. The van der Waals surface area contributed by atoms with Crippen LogP contribution in [0.25, 0.3) is 0 Å². The molecule has 9 nitrogen and oxygen atoms in total. The molecule has 26 heavy (non-hydrogen) atoms. The maximum Gasteiger partial charge on any atom is 0.269 e. The Bertz CT molecular complexity index is 769. The first kappa shape index (κ1) is 18.0. The largest absolute Gasteiger partial charge is 0.481 e. The average Bonchev–Trinajstić information content (AvgIpc) is 2.99. The molecule has 1 amide bonds. The Hall–Kier alpha value is -2.84. The smallest absolute Gasteiger partial charge is 0.269 e. The molecule has 9 heteroatoms. The fraction of sp³-hybridized carbons (Fsp3) is 0.529. The molecule has 1 N–H and O–H groups in total. The molecule has 2 aromatic heterocycles. The quantitative estimate of drug-likeness (QED) is 0.848. The highest BCUT2D eigenvalue weighted by Gasteiger charge is 2.25. The van der Waals surface area contributed by atoms with Gasteiger partial charge in [0, 0.05) is 26.2 Å². The number of methoxy groups -OCH3 is 2. The number of hydrogen-bond acceptors (Lipinski definition) is 7. The summed E-state index contributed by atoms with van der Waals surface area (Å²) in [5.41, 5.74) is 1.37. The van der Waals surface area contributed by atoms with Crippen LogP contribution >= 0.6 is 0 Å². The Morgan fingerprint density at radius 3 is 2.50 bits per heavy atom. The lowest BCUT2D eigenvalue weighted by molar-refractivity contribution is 0.0923. The van der Waals surface area contributed by atoms with Gasteiger partial charge in [-0.2, -0.15) is 15.1 Å². The summed E-state index contributed by atoms with van der Waals surface area (Å²) in [7, 11) is 4.88. The average molecular weight is 360 g/mol. The van der Waals surface area contributed by atoms with Crippen LogP contribution < -0.4 is 19.7 Å². The van der Waals surface area contributed by atoms with Gasteiger partial charge in [-0.15, -0.1) is 0 Å². The highest BCUT2D eigenvalue weighted by molar-refractivity contribution is 5.92. The molecule has 1 fully saturated rings. The van der Waals surface area contributed by atoms with Crippen LogP contribution in [0.15, 0.2) is 12.1 Å². The van der Waals surface area contributed by atoms with E-state index in [1.165, 1.54) is 0 Å². The summed E-state index contributed by atoms with van der Waals surface area (Å²) in [6, 6.07) is 3.43. The number of hydrogen-bond donors (Lipinski definition) is 1. The molecule has 0 spiro atoms. The zero-order valence-electron chi connectivity index (χ0n) is 15.5. The topological polar surface area (TPSA) is 94.4 Å². The highest BCUT2D eigenvalue weighted by atomic mass is 16.5. The minimum absolute atomic E-state index is 0.00671. The van der Waals surface area contributed by atoms with Crippen LogP contribution in [0, 0.1) is 6.92 Å². The molecule has 0 aromatic carbocycles. The summed E-state index contributed by atoms with van der Waals surface area (Å²) in [6.07, 6.45) is 1.83. The molecule has 0 radical (unpaired) electrons. The number of aromatic nitrogens is 4. The predicted molar refractivity (Wildman–Crippen MR) is 95.8 cm³/mol. The molecule has 1 aliphatic rings. The van der Waals surface area contributed by atoms with Crippen molar-refractivity contribution in [1.82, 2.24) is 25.1 Å². The first-order valence-electron chi connectivity index (χ1n) is 8.53. The van der Waals surface area contributed by atoms with Crippen LogP contribution in [-0.4, -0.2) is 59.0 Å². The fourth-order valence-electron chi connectivity index (χ4n) is 3.10. The zero-order valence-corrected chi connectivity index (χ0v) is 15.5. The number of ether oxygens (including phenoxy) is 2. The van der Waals surface area contributed by atoms with Crippen LogP contribution in [-0.2, 0) is 7.05 Å². The standard InChI is InChI=1S/C17H24N6O3/c1-11-8-13(22(2)21-11)16(24)18-12-6-5-7-23(10-12)17-19-14(25-3)9-15(20-17)26-4/h8-9,12H,5-7,10H2,1-4H3,(H,18,24). The van der Waals surface area contributed by atoms with E-state index in [2.05, 4.69) is 20.4 Å². The van der Waals surface area contributed by atoms with Gasteiger partial charge < -0.3 is 19.7 Å². The van der Waals surface area contributed by atoms with E-state index < -0.39 is 0 Å². The third-order valence-corrected chi connectivity index (χ3v) is 4.36. The Labute approximate surface area is 152 Å². The number of aryl methyl sites for hydroxylation is 2. The van der Waals surface area contributed by atoms with E-state index in [0.29, 0.717) is 29.9 Å². The van der Waals surface area contributed by atoms with Gasteiger partial charge in [-0.25, -0.2) is 0 Å². The van der Waals surface area contributed by atoms with E-state index in [4.69, 9.17) is 9.47 Å². The van der Waals surface area contributed by atoms with Gasteiger partial charge in [-0.05, 0) is 25.8 Å². The van der Waals surface area contributed by atoms with E-state index in [0.717, 1.165) is 25.1 Å². The number of carbonyl (C=O) groups is 1. The SMILES string of the molecule is COc1cc(OC)nc(N2CCCC(NC(=O)c3cc(C)nn3C)C2)n1. The van der Waals surface area contributed by atoms with Crippen molar-refractivity contribution in [2.45, 2.75) is 25.8 Å². The summed E-state index contributed by atoms with van der Waals surface area (Å²) in [5.74, 6) is 1.31. The van der Waals surface area contributed by atoms with Crippen molar-refractivity contribution in [3.05, 3.63) is 23.5 Å². The van der Waals surface area contributed by atoms with Crippen molar-refractivity contribution in [3.8, 4) is 11.8 Å². The van der Waals surface area contributed by atoms with E-state index in [-0.39, 0.29) is 11.9 Å². The van der Waals surface area contributed by atoms with Crippen LogP contribution in [0.3, 0.4) is 0 Å². The van der Waals surface area contributed by atoms with E-state index in [1.54, 1.807) is 38.1 Å². The molecule has 1 atom stereocenters. The lowest BCUT2D eigenvalue weighted by atomic mass is 10.1. The lowest BCUT2D eigenvalue weighted by Crippen LogP contribution is -2.48. The first-order valence-corrected chi connectivity index (χ1v) is 8.53. The van der Waals surface area contributed by atoms with Crippen LogP contribution in [0.1, 0.15) is 29.0 Å². The number of nitrogens with zero attached hydrogens (tertiary/aromatic N) is 5. The summed E-state index contributed by atoms with van der Waals surface area (Å²) >= 11 is 0. The van der Waals surface area contributed by atoms with E-state index in [9.17, 15) is 4.79 Å². The number of nitrogens with one attached hydrogen (secondary N) is 1. The summed E-state index contributed by atoms with van der Waals surface area (Å²) < 4.78 is 12.0. The lowest BCUT2D eigenvalue weighted by Gasteiger charge is -2.33. The molecular formula is C17H24N6O3. The summed E-state index contributed by atoms with van der Waals surface area (Å²) in [4.78, 5) is 23.4. The molecule has 3 rings (SSSR count). The van der Waals surface area contributed by atoms with Gasteiger partial charge in [-0.1, -0.05) is 0 Å². The minimum Gasteiger partial charge on any atom is -0.481 e. The van der Waals surface area contributed by atoms with Crippen LogP contribution in [0.5, 0.6) is 11.8 Å². The van der Waals surface area contributed by atoms with Crippen molar-refractivity contribution in [2.75, 3.05) is 32.2 Å². The maximum absolute atomic E-state index is 12.5. The van der Waals surface area contributed by atoms with Crippen molar-refractivity contribution >= 4 is 11.9 Å². The van der Waals surface area contributed by atoms with Gasteiger partial charge in [0.2, 0.25) is 17.7 Å². The van der Waals surface area contributed by atoms with Gasteiger partial charge in [0.05, 0.1) is 26.0 Å². The molecule has 0 bridgehead atoms. The minimum atomic E-state index is -0.121. The Morgan fingerprint density at radius 1 is 1.23 bits per heavy atom. The predicted octanol–water partition coefficient (Wildman–Crippen LogP) is 0.935. The van der Waals surface area contributed by atoms with E-state index >= 15 is 0 Å². The third-order valence-electron chi connectivity index (χ3n) is 4.36. The second-order valence-electron chi connectivity index (χ2n) is 6.31. The van der Waals surface area contributed by atoms with Crippen molar-refractivity contribution in [2.24, 2.45) is 7.05 Å². The summed E-state index contributed by atoms with van der Waals surface area (Å²) in [6.45, 7) is 3.30. The first-order chi connectivity index (χ1) is 12.5. The molecule has 1 saturated heterocycles. The van der Waals surface area contributed by atoms with Gasteiger partial charge in [0.25, 0.3) is 5.91 Å². The Kier molecular flexibility index (Phi) is 5.24. The second-order valence-corrected chi connectivity index (χ2v) is 6.31. The molecule has 2 aromatic rings. The molecular weight excluding hydrogens is 336 g/mol. The Balaban J connectivity index is 1.71. The van der Waals surface area contributed by atoms with Crippen molar-refractivity contribution in [3.63, 3.8) is 0 Å². The van der Waals surface area contributed by atoms with Crippen LogP contribution in [0.2, 0.25) is 0 Å². The van der Waals surface area contributed by atoms with Gasteiger partial charge in [0.1, 0.15) is 5.69 Å². The zero-order chi connectivity index (χ0) is 18.7. The van der Waals surface area contributed by atoms with Crippen molar-refractivity contribution in [1.29, 1.82) is 0 Å². The molecule has 140 valence electrons. The van der Waals surface area contributed by atoms with Gasteiger partial charge in [0.15, 0.2) is 0 Å². The number of piperidine rings is 1. The maximum atomic E-state index is 12.5. The number of anilines is 1. The molecule has 3 heterocycles. The summed E-state index contributed by atoms with van der Waals surface area (Å²) in [5, 5.41) is 7.31. The number of carbonyl (C=O) groups excluding carboxylic acids is 1. The number of amides is 1. The highest BCUT2D eigenvalue weighted by Crippen LogP contribution is 2.23. The normalized spacial score (nSPS) is 17.1. The monoisotopic (exact) mass is 360 g/mol. The number of rotatable bonds is 5. The second kappa shape index (κ2) is 7.59. The van der Waals surface area contributed by atoms with Gasteiger partial charge >= 0.3 is 0 Å². The van der Waals surface area contributed by atoms with Gasteiger partial charge in [-0.3, -0.25) is 9.48 Å². The van der Waals surface area contributed by atoms with E-state index in [1.807, 2.05) is 11.8 Å².